The van der Waals surface area contributed by atoms with Crippen LogP contribution in [-0.2, 0) is 0 Å². The Balaban J connectivity index is 1.08. The number of para-hydroxylation sites is 3. The van der Waals surface area contributed by atoms with Crippen LogP contribution in [0.1, 0.15) is 17.3 Å². The van der Waals surface area contributed by atoms with Crippen molar-refractivity contribution >= 4 is 55.3 Å². The van der Waals surface area contributed by atoms with Crippen molar-refractivity contribution in [1.29, 1.82) is 0 Å². The van der Waals surface area contributed by atoms with E-state index in [-0.39, 0.29) is 18.4 Å². The second-order valence-electron chi connectivity index (χ2n) is 13.2. The van der Waals surface area contributed by atoms with Gasteiger partial charge in [0.2, 0.25) is 0 Å². The first kappa shape index (κ1) is 27.6. The van der Waals surface area contributed by atoms with Crippen LogP contribution in [0.15, 0.2) is 175 Å². The summed E-state index contributed by atoms with van der Waals surface area (Å²) in [5.74, 6) is 2.07. The molecule has 4 unspecified atom stereocenters. The minimum absolute atomic E-state index is 0.0332. The van der Waals surface area contributed by atoms with Crippen molar-refractivity contribution in [2.75, 3.05) is 0 Å². The number of aromatic nitrogens is 2. The molecule has 238 valence electrons. The third-order valence-electron chi connectivity index (χ3n) is 10.5. The van der Waals surface area contributed by atoms with Crippen LogP contribution in [0.5, 0.6) is 0 Å². The quantitative estimate of drug-likeness (QED) is 0.190. The number of aliphatic imine (C=N–C) groups is 1. The highest BCUT2D eigenvalue weighted by molar-refractivity contribution is 6.24. The van der Waals surface area contributed by atoms with Gasteiger partial charge in [-0.25, -0.2) is 4.99 Å². The SMILES string of the molecule is C1=CC(C2N3C(c4ccccc4)=NC(c4ccccc4)N23)NC(n2c3ccccc3c3ccc4c5ccccc5n(-c5ccccc5)c4c32)=C1. The Kier molecular flexibility index (Phi) is 5.82. The van der Waals surface area contributed by atoms with Gasteiger partial charge in [0.05, 0.1) is 28.1 Å². The molecule has 0 saturated carbocycles. The molecule has 0 aliphatic carbocycles. The van der Waals surface area contributed by atoms with Crippen molar-refractivity contribution in [2.24, 2.45) is 4.99 Å². The van der Waals surface area contributed by atoms with Crippen LogP contribution in [0.25, 0.3) is 55.1 Å². The highest BCUT2D eigenvalue weighted by Crippen LogP contribution is 2.48. The van der Waals surface area contributed by atoms with Crippen LogP contribution in [0.4, 0.5) is 0 Å². The number of hydrogen-bond donors (Lipinski definition) is 1. The molecule has 1 saturated heterocycles. The maximum absolute atomic E-state index is 5.24. The normalized spacial score (nSPS) is 21.1. The third-order valence-corrected chi connectivity index (χ3v) is 10.5. The van der Waals surface area contributed by atoms with E-state index in [1.54, 1.807) is 0 Å². The molecule has 0 radical (unpaired) electrons. The minimum Gasteiger partial charge on any atom is -0.361 e. The van der Waals surface area contributed by atoms with Crippen LogP contribution in [-0.4, -0.2) is 37.2 Å². The molecule has 0 amide bonds. The molecule has 1 N–H and O–H groups in total. The number of nitrogens with one attached hydrogen (secondary N) is 1. The lowest BCUT2D eigenvalue weighted by atomic mass is 10.1. The molecule has 8 aromatic rings. The van der Waals surface area contributed by atoms with E-state index in [2.05, 4.69) is 194 Å². The van der Waals surface area contributed by atoms with Gasteiger partial charge < -0.3 is 9.88 Å². The zero-order valence-electron chi connectivity index (χ0n) is 27.1. The predicted molar refractivity (Wildman–Crippen MR) is 204 cm³/mol. The molecule has 3 aliphatic heterocycles. The number of nitrogens with zero attached hydrogens (tertiary/aromatic N) is 5. The summed E-state index contributed by atoms with van der Waals surface area (Å²) in [5.41, 5.74) is 8.26. The first-order valence-corrected chi connectivity index (χ1v) is 17.3. The maximum Gasteiger partial charge on any atom is 0.149 e. The van der Waals surface area contributed by atoms with E-state index in [0.29, 0.717) is 0 Å². The molecule has 0 bridgehead atoms. The largest absolute Gasteiger partial charge is 0.361 e. The first-order valence-electron chi connectivity index (χ1n) is 17.3. The molecule has 5 heterocycles. The molecule has 3 aliphatic rings. The molecule has 1 fully saturated rings. The van der Waals surface area contributed by atoms with Gasteiger partial charge in [-0.15, -0.1) is 0 Å². The van der Waals surface area contributed by atoms with E-state index >= 15 is 0 Å². The topological polar surface area (TPSA) is 40.3 Å². The molecule has 0 spiro atoms. The minimum atomic E-state index is -0.0737. The molecule has 50 heavy (non-hydrogen) atoms. The van der Waals surface area contributed by atoms with Crippen LogP contribution < -0.4 is 5.32 Å². The zero-order chi connectivity index (χ0) is 32.8. The molecule has 6 heteroatoms. The van der Waals surface area contributed by atoms with Gasteiger partial charge in [0.15, 0.2) is 0 Å². The Morgan fingerprint density at radius 2 is 1.12 bits per heavy atom. The molecular formula is C44H32N6. The summed E-state index contributed by atoms with van der Waals surface area (Å²) >= 11 is 0. The lowest BCUT2D eigenvalue weighted by Crippen LogP contribution is -2.38. The number of fused-ring (bicyclic) bond motifs is 8. The second kappa shape index (κ2) is 10.6. The Labute approximate surface area is 289 Å². The monoisotopic (exact) mass is 644 g/mol. The molecular weight excluding hydrogens is 613 g/mol. The van der Waals surface area contributed by atoms with E-state index in [1.807, 2.05) is 0 Å². The lowest BCUT2D eigenvalue weighted by molar-refractivity contribution is 0.335. The molecule has 6 aromatic carbocycles. The standard InChI is InChI=1S/C44H32N6/c1-4-15-29(16-5-1)42-46-43(30-17-6-2-7-18-30)50-44(49(42)50)36-23-14-26-39(45-36)48-38-25-13-11-22-33(38)35-28-27-34-32-21-10-12-24-37(32)47(40(34)41(35)48)31-19-8-3-9-20-31/h1-28,36,42,44-45H. The average molecular weight is 645 g/mol. The van der Waals surface area contributed by atoms with E-state index in [1.165, 1.54) is 49.2 Å². The number of amidine groups is 1. The highest BCUT2D eigenvalue weighted by Gasteiger charge is 2.59. The van der Waals surface area contributed by atoms with Crippen molar-refractivity contribution < 1.29 is 0 Å². The van der Waals surface area contributed by atoms with Gasteiger partial charge in [0.25, 0.3) is 0 Å². The van der Waals surface area contributed by atoms with E-state index < -0.39 is 0 Å². The highest BCUT2D eigenvalue weighted by atomic mass is 15.9. The Morgan fingerprint density at radius 1 is 0.540 bits per heavy atom. The zero-order valence-corrected chi connectivity index (χ0v) is 27.1. The Morgan fingerprint density at radius 3 is 1.82 bits per heavy atom. The molecule has 4 atom stereocenters. The molecule has 11 rings (SSSR count). The van der Waals surface area contributed by atoms with Gasteiger partial charge in [0.1, 0.15) is 24.0 Å². The van der Waals surface area contributed by atoms with Gasteiger partial charge in [-0.2, -0.15) is 5.01 Å². The number of rotatable bonds is 5. The summed E-state index contributed by atoms with van der Waals surface area (Å²) in [6, 6.07) is 54.2. The second-order valence-corrected chi connectivity index (χ2v) is 13.2. The van der Waals surface area contributed by atoms with Crippen LogP contribution >= 0.6 is 0 Å². The smallest absolute Gasteiger partial charge is 0.149 e. The first-order chi connectivity index (χ1) is 24.8. The van der Waals surface area contributed by atoms with Gasteiger partial charge in [0, 0.05) is 32.8 Å². The van der Waals surface area contributed by atoms with E-state index in [9.17, 15) is 0 Å². The van der Waals surface area contributed by atoms with Gasteiger partial charge in [-0.1, -0.05) is 140 Å². The summed E-state index contributed by atoms with van der Waals surface area (Å²) in [4.78, 5) is 5.24. The van der Waals surface area contributed by atoms with E-state index in [4.69, 9.17) is 4.99 Å². The Hall–Kier alpha value is -6.37. The molecule has 6 nitrogen and oxygen atoms in total. The predicted octanol–water partition coefficient (Wildman–Crippen LogP) is 9.24. The number of hydrogen-bond acceptors (Lipinski definition) is 4. The fourth-order valence-electron chi connectivity index (χ4n) is 8.34. The van der Waals surface area contributed by atoms with Crippen LogP contribution in [0.3, 0.4) is 0 Å². The van der Waals surface area contributed by atoms with Crippen molar-refractivity contribution in [3.63, 3.8) is 0 Å². The summed E-state index contributed by atoms with van der Waals surface area (Å²) < 4.78 is 4.89. The average Bonchev–Trinajstić information content (AvgIpc) is 3.45. The van der Waals surface area contributed by atoms with Crippen LogP contribution in [0.2, 0.25) is 0 Å². The molecule has 2 aromatic heterocycles. The summed E-state index contributed by atoms with van der Waals surface area (Å²) in [6.07, 6.45) is 6.77. The summed E-state index contributed by atoms with van der Waals surface area (Å²) in [5, 5.41) is 13.8. The van der Waals surface area contributed by atoms with Crippen molar-refractivity contribution in [3.05, 3.63) is 181 Å². The van der Waals surface area contributed by atoms with Crippen molar-refractivity contribution in [3.8, 4) is 5.69 Å². The number of dihydropyridines is 1. The maximum atomic E-state index is 5.24. The number of hydrazine groups is 1. The Bertz CT molecular complexity index is 2700. The van der Waals surface area contributed by atoms with Gasteiger partial charge in [-0.3, -0.25) is 9.58 Å². The lowest BCUT2D eigenvalue weighted by Gasteiger charge is -2.24. The van der Waals surface area contributed by atoms with Crippen molar-refractivity contribution in [2.45, 2.75) is 18.4 Å². The summed E-state index contributed by atoms with van der Waals surface area (Å²) in [6.45, 7) is 0. The van der Waals surface area contributed by atoms with Gasteiger partial charge >= 0.3 is 0 Å². The third kappa shape index (κ3) is 3.91. The summed E-state index contributed by atoms with van der Waals surface area (Å²) in [7, 11) is 0. The van der Waals surface area contributed by atoms with E-state index in [0.717, 1.165) is 22.9 Å². The number of allylic oxidation sites excluding steroid dienone is 2. The fourth-order valence-corrected chi connectivity index (χ4v) is 8.34. The van der Waals surface area contributed by atoms with Crippen LogP contribution in [0, 0.1) is 0 Å². The number of benzene rings is 6. The van der Waals surface area contributed by atoms with Crippen molar-refractivity contribution in [1.82, 2.24) is 24.5 Å². The van der Waals surface area contributed by atoms with Gasteiger partial charge in [-0.05, 0) is 35.9 Å². The fraction of sp³-hybridized carbons (Fsp3) is 0.0682.